The van der Waals surface area contributed by atoms with Crippen LogP contribution in [0.4, 0.5) is 10.1 Å². The molecule has 1 heterocycles. The summed E-state index contributed by atoms with van der Waals surface area (Å²) < 4.78 is 12.9. The predicted molar refractivity (Wildman–Crippen MR) is 60.7 cm³/mol. The highest BCUT2D eigenvalue weighted by molar-refractivity contribution is 5.51. The van der Waals surface area contributed by atoms with Crippen LogP contribution in [0.5, 0.6) is 0 Å². The zero-order chi connectivity index (χ0) is 10.7. The number of anilines is 1. The minimum Gasteiger partial charge on any atom is -0.382 e. The molecule has 1 aromatic rings. The second-order valence-electron chi connectivity index (χ2n) is 4.13. The predicted octanol–water partition coefficient (Wildman–Crippen LogP) is 2.30. The monoisotopic (exact) mass is 208 g/mol. The fourth-order valence-electron chi connectivity index (χ4n) is 1.98. The molecule has 2 N–H and O–H groups in total. The second kappa shape index (κ2) is 4.62. The van der Waals surface area contributed by atoms with Crippen molar-refractivity contribution < 1.29 is 4.39 Å². The van der Waals surface area contributed by atoms with Gasteiger partial charge < -0.3 is 10.6 Å². The fraction of sp³-hybridized carbons (Fsp3) is 0.500. The summed E-state index contributed by atoms with van der Waals surface area (Å²) in [7, 11) is 0. The highest BCUT2D eigenvalue weighted by Crippen LogP contribution is 2.18. The van der Waals surface area contributed by atoms with Crippen molar-refractivity contribution in [3.05, 3.63) is 29.6 Å². The minimum absolute atomic E-state index is 0.164. The molecule has 15 heavy (non-hydrogen) atoms. The van der Waals surface area contributed by atoms with Crippen molar-refractivity contribution >= 4 is 5.69 Å². The van der Waals surface area contributed by atoms with Crippen LogP contribution in [0.2, 0.25) is 0 Å². The third-order valence-electron chi connectivity index (χ3n) is 2.89. The van der Waals surface area contributed by atoms with Gasteiger partial charge in [0.1, 0.15) is 5.82 Å². The number of rotatable bonds is 2. The smallest absolute Gasteiger partial charge is 0.123 e. The fourth-order valence-corrected chi connectivity index (χ4v) is 1.98. The number of benzene rings is 1. The van der Waals surface area contributed by atoms with Crippen molar-refractivity contribution in [1.82, 2.24) is 5.32 Å². The molecule has 0 saturated carbocycles. The van der Waals surface area contributed by atoms with E-state index in [0.717, 1.165) is 37.2 Å². The molecular weight excluding hydrogens is 191 g/mol. The van der Waals surface area contributed by atoms with Gasteiger partial charge in [-0.1, -0.05) is 0 Å². The Bertz CT molecular complexity index is 332. The second-order valence-corrected chi connectivity index (χ2v) is 4.13. The minimum atomic E-state index is -0.164. The number of nitrogens with one attached hydrogen (secondary N) is 2. The third-order valence-corrected chi connectivity index (χ3v) is 2.89. The molecule has 0 aliphatic carbocycles. The van der Waals surface area contributed by atoms with E-state index in [2.05, 4.69) is 10.6 Å². The van der Waals surface area contributed by atoms with E-state index in [0.29, 0.717) is 6.04 Å². The molecule has 0 radical (unpaired) electrons. The summed E-state index contributed by atoms with van der Waals surface area (Å²) in [6.07, 6.45) is 2.27. The first-order valence-corrected chi connectivity index (χ1v) is 5.49. The molecule has 1 fully saturated rings. The van der Waals surface area contributed by atoms with E-state index >= 15 is 0 Å². The Kier molecular flexibility index (Phi) is 3.21. The average Bonchev–Trinajstić information content (AvgIpc) is 2.24. The number of piperidine rings is 1. The highest BCUT2D eigenvalue weighted by atomic mass is 19.1. The van der Waals surface area contributed by atoms with Crippen molar-refractivity contribution in [1.29, 1.82) is 0 Å². The first-order chi connectivity index (χ1) is 7.25. The molecule has 0 aromatic heterocycles. The van der Waals surface area contributed by atoms with Gasteiger partial charge in [0, 0.05) is 11.7 Å². The summed E-state index contributed by atoms with van der Waals surface area (Å²) in [5, 5.41) is 6.79. The van der Waals surface area contributed by atoms with Gasteiger partial charge in [0.05, 0.1) is 0 Å². The van der Waals surface area contributed by atoms with Crippen LogP contribution in [-0.4, -0.2) is 19.1 Å². The molecular formula is C12H17FN2. The summed E-state index contributed by atoms with van der Waals surface area (Å²) >= 11 is 0. The van der Waals surface area contributed by atoms with Crippen LogP contribution in [0.1, 0.15) is 18.4 Å². The van der Waals surface area contributed by atoms with E-state index in [4.69, 9.17) is 0 Å². The van der Waals surface area contributed by atoms with Crippen LogP contribution in [0, 0.1) is 12.7 Å². The van der Waals surface area contributed by atoms with E-state index < -0.39 is 0 Å². The summed E-state index contributed by atoms with van der Waals surface area (Å²) in [6, 6.07) is 5.43. The van der Waals surface area contributed by atoms with Gasteiger partial charge >= 0.3 is 0 Å². The van der Waals surface area contributed by atoms with Gasteiger partial charge in [0.25, 0.3) is 0 Å². The van der Waals surface area contributed by atoms with Gasteiger partial charge in [-0.15, -0.1) is 0 Å². The maximum absolute atomic E-state index is 12.9. The van der Waals surface area contributed by atoms with Crippen LogP contribution in [-0.2, 0) is 0 Å². The van der Waals surface area contributed by atoms with Gasteiger partial charge in [-0.05, 0) is 56.6 Å². The van der Waals surface area contributed by atoms with Crippen molar-refractivity contribution in [3.63, 3.8) is 0 Å². The average molecular weight is 208 g/mol. The lowest BCUT2D eigenvalue weighted by Gasteiger charge is -2.25. The number of hydrogen-bond donors (Lipinski definition) is 2. The Labute approximate surface area is 89.9 Å². The topological polar surface area (TPSA) is 24.1 Å². The third kappa shape index (κ3) is 2.69. The summed E-state index contributed by atoms with van der Waals surface area (Å²) in [6.45, 7) is 4.07. The van der Waals surface area contributed by atoms with Crippen LogP contribution in [0.3, 0.4) is 0 Å². The van der Waals surface area contributed by atoms with E-state index in [-0.39, 0.29) is 5.82 Å². The van der Waals surface area contributed by atoms with E-state index in [9.17, 15) is 4.39 Å². The number of halogens is 1. The molecule has 1 aliphatic heterocycles. The van der Waals surface area contributed by atoms with E-state index in [1.807, 2.05) is 13.0 Å². The van der Waals surface area contributed by atoms with Gasteiger partial charge in [-0.25, -0.2) is 4.39 Å². The summed E-state index contributed by atoms with van der Waals surface area (Å²) in [4.78, 5) is 0. The van der Waals surface area contributed by atoms with Crippen LogP contribution < -0.4 is 10.6 Å². The zero-order valence-corrected chi connectivity index (χ0v) is 9.02. The summed E-state index contributed by atoms with van der Waals surface area (Å²) in [5.41, 5.74) is 2.04. The molecule has 0 bridgehead atoms. The lowest BCUT2D eigenvalue weighted by atomic mass is 10.1. The Morgan fingerprint density at radius 2 is 2.07 bits per heavy atom. The standard InChI is InChI=1S/C12H17FN2/c1-9-8-10(13)2-3-12(9)15-11-4-6-14-7-5-11/h2-3,8,11,14-15H,4-7H2,1H3. The Balaban J connectivity index is 2.03. The van der Waals surface area contributed by atoms with Crippen LogP contribution in [0.25, 0.3) is 0 Å². The molecule has 82 valence electrons. The van der Waals surface area contributed by atoms with Crippen LogP contribution in [0.15, 0.2) is 18.2 Å². The molecule has 0 unspecified atom stereocenters. The quantitative estimate of drug-likeness (QED) is 0.779. The Morgan fingerprint density at radius 1 is 1.33 bits per heavy atom. The Morgan fingerprint density at radius 3 is 2.73 bits per heavy atom. The largest absolute Gasteiger partial charge is 0.382 e. The van der Waals surface area contributed by atoms with E-state index in [1.165, 1.54) is 6.07 Å². The van der Waals surface area contributed by atoms with E-state index in [1.54, 1.807) is 6.07 Å². The molecule has 1 saturated heterocycles. The summed E-state index contributed by atoms with van der Waals surface area (Å²) in [5.74, 6) is -0.164. The van der Waals surface area contributed by atoms with Gasteiger partial charge in [0.2, 0.25) is 0 Å². The Hall–Kier alpha value is -1.09. The highest BCUT2D eigenvalue weighted by Gasteiger charge is 2.13. The van der Waals surface area contributed by atoms with Crippen LogP contribution >= 0.6 is 0 Å². The van der Waals surface area contributed by atoms with Crippen molar-refractivity contribution in [2.75, 3.05) is 18.4 Å². The molecule has 0 amide bonds. The normalized spacial score (nSPS) is 17.7. The molecule has 2 rings (SSSR count). The van der Waals surface area contributed by atoms with Crippen molar-refractivity contribution in [3.8, 4) is 0 Å². The SMILES string of the molecule is Cc1cc(F)ccc1NC1CCNCC1. The first-order valence-electron chi connectivity index (χ1n) is 5.49. The van der Waals surface area contributed by atoms with Crippen molar-refractivity contribution in [2.45, 2.75) is 25.8 Å². The molecule has 1 aromatic carbocycles. The first kappa shape index (κ1) is 10.4. The maximum Gasteiger partial charge on any atom is 0.123 e. The molecule has 0 atom stereocenters. The van der Waals surface area contributed by atoms with Gasteiger partial charge in [0.15, 0.2) is 0 Å². The molecule has 2 nitrogen and oxygen atoms in total. The number of aryl methyl sites for hydroxylation is 1. The zero-order valence-electron chi connectivity index (χ0n) is 9.02. The van der Waals surface area contributed by atoms with Gasteiger partial charge in [-0.2, -0.15) is 0 Å². The van der Waals surface area contributed by atoms with Gasteiger partial charge in [-0.3, -0.25) is 0 Å². The maximum atomic E-state index is 12.9. The molecule has 0 spiro atoms. The molecule has 3 heteroatoms. The lowest BCUT2D eigenvalue weighted by molar-refractivity contribution is 0.479. The number of hydrogen-bond acceptors (Lipinski definition) is 2. The molecule has 1 aliphatic rings. The van der Waals surface area contributed by atoms with Crippen molar-refractivity contribution in [2.24, 2.45) is 0 Å². The lowest BCUT2D eigenvalue weighted by Crippen LogP contribution is -2.35.